The molecule has 0 fully saturated rings. The number of ether oxygens (including phenoxy) is 2. The van der Waals surface area contributed by atoms with E-state index in [0.29, 0.717) is 11.3 Å². The van der Waals surface area contributed by atoms with Gasteiger partial charge >= 0.3 is 29.6 Å². The molecule has 0 amide bonds. The van der Waals surface area contributed by atoms with Crippen molar-refractivity contribution in [2.75, 3.05) is 18.0 Å². The number of aromatic nitrogens is 1. The third kappa shape index (κ3) is 7.27. The normalized spacial score (nSPS) is 11.6. The summed E-state index contributed by atoms with van der Waals surface area (Å²) in [6, 6.07) is 13.0. The zero-order valence-corrected chi connectivity index (χ0v) is 22.5. The number of carbonyl (C=O) groups is 1. The number of nitrogens with zero attached hydrogens (tertiary/aromatic N) is 2. The van der Waals surface area contributed by atoms with Gasteiger partial charge in [0.1, 0.15) is 4.21 Å². The van der Waals surface area contributed by atoms with Crippen molar-refractivity contribution < 1.29 is 67.0 Å². The van der Waals surface area contributed by atoms with E-state index in [4.69, 9.17) is 29.0 Å². The van der Waals surface area contributed by atoms with Crippen LogP contribution in [0.3, 0.4) is 0 Å². The van der Waals surface area contributed by atoms with Gasteiger partial charge in [0.2, 0.25) is 12.0 Å². The summed E-state index contributed by atoms with van der Waals surface area (Å²) in [5, 5.41) is 19.2. The van der Waals surface area contributed by atoms with E-state index >= 15 is 0 Å². The molecule has 0 spiro atoms. The fourth-order valence-electron chi connectivity index (χ4n) is 2.61. The van der Waals surface area contributed by atoms with Gasteiger partial charge in [-0.1, -0.05) is 35.5 Å². The van der Waals surface area contributed by atoms with Crippen LogP contribution in [0.15, 0.2) is 51.2 Å². The molecule has 1 N–H and O–H groups in total. The first-order chi connectivity index (χ1) is 15.1. The molecule has 0 saturated heterocycles. The van der Waals surface area contributed by atoms with E-state index in [2.05, 4.69) is 5.16 Å². The number of anilines is 1. The zero-order valence-electron chi connectivity index (χ0n) is 18.8. The summed E-state index contributed by atoms with van der Waals surface area (Å²) in [6.45, 7) is 5.50. The Kier molecular flexibility index (Phi) is 11.5. The Bertz CT molecular complexity index is 1130. The molecular formula is C20H23N2NaO8S2. The van der Waals surface area contributed by atoms with E-state index in [0.717, 1.165) is 14.7 Å². The van der Waals surface area contributed by atoms with Gasteiger partial charge in [-0.2, -0.15) is 12.7 Å². The summed E-state index contributed by atoms with van der Waals surface area (Å²) >= 11 is 1.17. The van der Waals surface area contributed by atoms with Crippen molar-refractivity contribution in [2.24, 2.45) is 0 Å². The number of thiophene rings is 1. The molecule has 3 rings (SSSR count). The first kappa shape index (κ1) is 29.1. The van der Waals surface area contributed by atoms with Crippen molar-refractivity contribution in [3.63, 3.8) is 0 Å². The van der Waals surface area contributed by atoms with E-state index in [-0.39, 0.29) is 46.3 Å². The van der Waals surface area contributed by atoms with Crippen LogP contribution in [0.2, 0.25) is 0 Å². The summed E-state index contributed by atoms with van der Waals surface area (Å²) in [7, 11) is -2.64. The third-order valence-electron chi connectivity index (χ3n) is 4.19. The van der Waals surface area contributed by atoms with Gasteiger partial charge in [0, 0.05) is 24.2 Å². The van der Waals surface area contributed by atoms with Crippen LogP contribution in [0.5, 0.6) is 0 Å². The predicted molar refractivity (Wildman–Crippen MR) is 116 cm³/mol. The quantitative estimate of drug-likeness (QED) is 0.332. The summed E-state index contributed by atoms with van der Waals surface area (Å²) in [5.74, 6) is 0.0764. The second-order valence-corrected chi connectivity index (χ2v) is 9.37. The monoisotopic (exact) mass is 506 g/mol. The van der Waals surface area contributed by atoms with Gasteiger partial charge in [0.05, 0.1) is 5.69 Å². The van der Waals surface area contributed by atoms with Gasteiger partial charge in [-0.05, 0) is 38.5 Å². The SMILES string of the molecule is CCOC(OC)N(c1onc(C)c1C)S(=O)(=O)c1ccc(-c2ccccc2)s1.O=C([O-])O.[Na+]. The number of carboxylic acid groups (broad SMARTS) is 2. The van der Waals surface area contributed by atoms with Crippen LogP contribution in [0.25, 0.3) is 10.4 Å². The van der Waals surface area contributed by atoms with Crippen molar-refractivity contribution in [1.29, 1.82) is 0 Å². The molecule has 0 aliphatic heterocycles. The summed E-state index contributed by atoms with van der Waals surface area (Å²) in [5.41, 5.74) is 2.14. The molecule has 1 aromatic carbocycles. The minimum Gasteiger partial charge on any atom is -0.565 e. The maximum atomic E-state index is 13.5. The van der Waals surface area contributed by atoms with Crippen LogP contribution in [0, 0.1) is 13.8 Å². The zero-order chi connectivity index (χ0) is 23.9. The Hall–Kier alpha value is -1.93. The van der Waals surface area contributed by atoms with Crippen LogP contribution in [-0.4, -0.2) is 45.0 Å². The molecule has 3 aromatic rings. The second-order valence-electron chi connectivity index (χ2n) is 6.25. The molecule has 1 atom stereocenters. The maximum absolute atomic E-state index is 13.5. The fraction of sp³-hybridized carbons (Fsp3) is 0.300. The van der Waals surface area contributed by atoms with E-state index in [1.807, 2.05) is 30.3 Å². The Morgan fingerprint density at radius 2 is 1.85 bits per heavy atom. The first-order valence-electron chi connectivity index (χ1n) is 9.30. The van der Waals surface area contributed by atoms with Crippen molar-refractivity contribution in [2.45, 2.75) is 31.4 Å². The number of hydrogen-bond acceptors (Lipinski definition) is 9. The van der Waals surface area contributed by atoms with Gasteiger partial charge in [-0.25, -0.2) is 0 Å². The van der Waals surface area contributed by atoms with Crippen LogP contribution >= 0.6 is 11.3 Å². The molecular weight excluding hydrogens is 483 g/mol. The predicted octanol–water partition coefficient (Wildman–Crippen LogP) is 0.0734. The molecule has 13 heteroatoms. The molecule has 10 nitrogen and oxygen atoms in total. The Balaban J connectivity index is 0.00000101. The van der Waals surface area contributed by atoms with Gasteiger partial charge < -0.3 is 29.0 Å². The maximum Gasteiger partial charge on any atom is 1.00 e. The Morgan fingerprint density at radius 3 is 2.33 bits per heavy atom. The molecule has 0 saturated carbocycles. The van der Waals surface area contributed by atoms with E-state index in [1.165, 1.54) is 18.4 Å². The Morgan fingerprint density at radius 1 is 1.24 bits per heavy atom. The first-order valence-corrected chi connectivity index (χ1v) is 11.6. The molecule has 0 bridgehead atoms. The van der Waals surface area contributed by atoms with E-state index < -0.39 is 22.6 Å². The average Bonchev–Trinajstić information content (AvgIpc) is 3.37. The molecule has 174 valence electrons. The fourth-order valence-corrected chi connectivity index (χ4v) is 5.48. The number of rotatable bonds is 8. The van der Waals surface area contributed by atoms with Gasteiger partial charge in [0.15, 0.2) is 0 Å². The second kappa shape index (κ2) is 13.1. The number of hydrogen-bond donors (Lipinski definition) is 1. The third-order valence-corrected chi connectivity index (χ3v) is 7.50. The number of aryl methyl sites for hydroxylation is 1. The largest absolute Gasteiger partial charge is 1.00 e. The molecule has 0 aliphatic rings. The molecule has 0 aliphatic carbocycles. The summed E-state index contributed by atoms with van der Waals surface area (Å²) in [4.78, 5) is 9.29. The molecule has 2 heterocycles. The minimum atomic E-state index is -4.02. The van der Waals surface area contributed by atoms with Gasteiger partial charge in [0.25, 0.3) is 16.4 Å². The van der Waals surface area contributed by atoms with Crippen LogP contribution in [-0.2, 0) is 19.5 Å². The van der Waals surface area contributed by atoms with Gasteiger partial charge in [-0.15, -0.1) is 11.3 Å². The number of benzene rings is 1. The van der Waals surface area contributed by atoms with Crippen LogP contribution in [0.1, 0.15) is 18.2 Å². The van der Waals surface area contributed by atoms with Crippen molar-refractivity contribution >= 4 is 33.4 Å². The van der Waals surface area contributed by atoms with Crippen LogP contribution < -0.4 is 39.0 Å². The standard InChI is InChI=1S/C19H22N2O5S2.CH2O3.Na/c1-5-25-19(24-4)21(18-13(2)14(3)20-26-18)28(22,23)17-12-11-16(27-17)15-9-7-6-8-10-15;2-1(3)4;/h6-12,19H,5H2,1-4H3;(H2,2,3,4);/q;;+1/p-1. The van der Waals surface area contributed by atoms with Gasteiger partial charge in [-0.3, -0.25) is 0 Å². The Labute approximate surface area is 218 Å². The van der Waals surface area contributed by atoms with E-state index in [9.17, 15) is 8.42 Å². The number of sulfonamides is 1. The van der Waals surface area contributed by atoms with Crippen molar-refractivity contribution in [3.8, 4) is 10.4 Å². The average molecular weight is 507 g/mol. The number of methoxy groups -OCH3 is 1. The van der Waals surface area contributed by atoms with Crippen molar-refractivity contribution in [1.82, 2.24) is 5.16 Å². The molecule has 0 radical (unpaired) electrons. The van der Waals surface area contributed by atoms with Crippen molar-refractivity contribution in [3.05, 3.63) is 53.7 Å². The van der Waals surface area contributed by atoms with E-state index in [1.54, 1.807) is 32.9 Å². The molecule has 33 heavy (non-hydrogen) atoms. The minimum absolute atomic E-state index is 0. The molecule has 1 unspecified atom stereocenters. The van der Waals surface area contributed by atoms with Crippen LogP contribution in [0.4, 0.5) is 10.7 Å². The smallest absolute Gasteiger partial charge is 0.565 e. The topological polar surface area (TPSA) is 142 Å². The molecule has 2 aromatic heterocycles. The summed E-state index contributed by atoms with van der Waals surface area (Å²) < 4.78 is 44.3. The summed E-state index contributed by atoms with van der Waals surface area (Å²) in [6.07, 6.45) is -3.26.